The van der Waals surface area contributed by atoms with Crippen LogP contribution in [0, 0.1) is 0 Å². The quantitative estimate of drug-likeness (QED) is 0.537. The summed E-state index contributed by atoms with van der Waals surface area (Å²) in [6.45, 7) is 1.98. The van der Waals surface area contributed by atoms with E-state index >= 15 is 0 Å². The molecule has 0 saturated heterocycles. The fourth-order valence-corrected chi connectivity index (χ4v) is 4.37. The van der Waals surface area contributed by atoms with Crippen molar-refractivity contribution < 1.29 is 4.42 Å². The van der Waals surface area contributed by atoms with Gasteiger partial charge in [-0.15, -0.1) is 0 Å². The summed E-state index contributed by atoms with van der Waals surface area (Å²) in [4.78, 5) is 17.9. The van der Waals surface area contributed by atoms with Crippen LogP contribution in [0.5, 0.6) is 0 Å². The van der Waals surface area contributed by atoms with E-state index in [1.54, 1.807) is 11.6 Å². The highest BCUT2D eigenvalue weighted by atomic mass is 16.3. The minimum absolute atomic E-state index is 0.0855. The molecule has 2 aromatic heterocycles. The van der Waals surface area contributed by atoms with Crippen molar-refractivity contribution in [3.05, 3.63) is 76.3 Å². The molecule has 2 heterocycles. The first-order chi connectivity index (χ1) is 14.5. The summed E-state index contributed by atoms with van der Waals surface area (Å²) in [7, 11) is 1.77. The van der Waals surface area contributed by atoms with Crippen LogP contribution in [0.1, 0.15) is 37.6 Å². The molecule has 2 N–H and O–H groups in total. The molecule has 1 fully saturated rings. The van der Waals surface area contributed by atoms with E-state index in [0.717, 1.165) is 35.1 Å². The predicted octanol–water partition coefficient (Wildman–Crippen LogP) is 4.76. The Morgan fingerprint density at radius 3 is 2.37 bits per heavy atom. The van der Waals surface area contributed by atoms with Crippen LogP contribution < -0.4 is 11.3 Å². The molecule has 1 saturated carbocycles. The number of aryl methyl sites for hydroxylation is 1. The third-order valence-corrected chi connectivity index (χ3v) is 6.37. The number of fused-ring (bicyclic) bond motifs is 1. The van der Waals surface area contributed by atoms with E-state index in [1.807, 2.05) is 49.4 Å². The molecule has 1 aliphatic rings. The molecule has 5 rings (SSSR count). The third kappa shape index (κ3) is 2.81. The van der Waals surface area contributed by atoms with Crippen LogP contribution in [0.3, 0.4) is 0 Å². The molecular formula is C25H25N3O2. The fourth-order valence-electron chi connectivity index (χ4n) is 4.37. The van der Waals surface area contributed by atoms with Gasteiger partial charge in [-0.25, -0.2) is 0 Å². The first-order valence-electron chi connectivity index (χ1n) is 10.5. The minimum atomic E-state index is -0.206. The summed E-state index contributed by atoms with van der Waals surface area (Å²) in [6, 6.07) is 18.1. The Kier molecular flexibility index (Phi) is 4.36. The van der Waals surface area contributed by atoms with Gasteiger partial charge >= 0.3 is 0 Å². The molecular weight excluding hydrogens is 374 g/mol. The van der Waals surface area contributed by atoms with Crippen molar-refractivity contribution >= 4 is 11.1 Å². The minimum Gasteiger partial charge on any atom is -0.437 e. The van der Waals surface area contributed by atoms with Crippen LogP contribution in [0.4, 0.5) is 0 Å². The number of hydrogen-bond acceptors (Lipinski definition) is 4. The molecule has 4 aromatic rings. The Bertz CT molecular complexity index is 1280. The Hall–Kier alpha value is -3.18. The van der Waals surface area contributed by atoms with Gasteiger partial charge in [0, 0.05) is 30.1 Å². The maximum absolute atomic E-state index is 13.2. The van der Waals surface area contributed by atoms with Crippen LogP contribution in [0.2, 0.25) is 0 Å². The molecule has 0 radical (unpaired) electrons. The number of nitrogens with two attached hydrogens (primary N) is 1. The summed E-state index contributed by atoms with van der Waals surface area (Å²) in [5.41, 5.74) is 10.4. The highest BCUT2D eigenvalue weighted by molar-refractivity contribution is 6.00. The summed E-state index contributed by atoms with van der Waals surface area (Å²) in [6.07, 6.45) is 3.87. The van der Waals surface area contributed by atoms with Gasteiger partial charge in [-0.2, -0.15) is 4.98 Å². The van der Waals surface area contributed by atoms with Gasteiger partial charge in [0.05, 0.1) is 0 Å². The Labute approximate surface area is 175 Å². The zero-order valence-electron chi connectivity index (χ0n) is 17.3. The van der Waals surface area contributed by atoms with E-state index in [9.17, 15) is 4.79 Å². The SMILES string of the molecule is CCc1nc2oc(-c3ccc(C4(N)CCC4)cc3)c(-c3ccccc3)c2c(=O)n1C. The van der Waals surface area contributed by atoms with Gasteiger partial charge in [0.15, 0.2) is 0 Å². The molecule has 5 heteroatoms. The van der Waals surface area contributed by atoms with Gasteiger partial charge in [0.2, 0.25) is 5.71 Å². The van der Waals surface area contributed by atoms with Crippen LogP contribution in [0.25, 0.3) is 33.6 Å². The molecule has 0 aliphatic heterocycles. The molecule has 0 spiro atoms. The number of furan rings is 1. The molecule has 5 nitrogen and oxygen atoms in total. The van der Waals surface area contributed by atoms with Gasteiger partial charge in [-0.05, 0) is 30.4 Å². The molecule has 1 aliphatic carbocycles. The highest BCUT2D eigenvalue weighted by Crippen LogP contribution is 2.42. The first-order valence-corrected chi connectivity index (χ1v) is 10.5. The van der Waals surface area contributed by atoms with Crippen molar-refractivity contribution in [3.8, 4) is 22.5 Å². The molecule has 0 unspecified atom stereocenters. The van der Waals surface area contributed by atoms with E-state index < -0.39 is 0 Å². The molecule has 0 amide bonds. The van der Waals surface area contributed by atoms with Gasteiger partial charge in [-0.1, -0.05) is 61.5 Å². The highest BCUT2D eigenvalue weighted by Gasteiger charge is 2.34. The summed E-state index contributed by atoms with van der Waals surface area (Å²) < 4.78 is 7.85. The van der Waals surface area contributed by atoms with E-state index in [4.69, 9.17) is 10.2 Å². The van der Waals surface area contributed by atoms with E-state index in [2.05, 4.69) is 17.1 Å². The van der Waals surface area contributed by atoms with E-state index in [-0.39, 0.29) is 11.1 Å². The Morgan fingerprint density at radius 2 is 1.77 bits per heavy atom. The van der Waals surface area contributed by atoms with E-state index in [0.29, 0.717) is 29.1 Å². The standard InChI is InChI=1S/C25H25N3O2/c1-3-19-27-23-21(24(29)28(19)2)20(16-8-5-4-6-9-16)22(30-23)17-10-12-18(13-11-17)25(26)14-7-15-25/h4-6,8-13H,3,7,14-15,26H2,1-2H3. The molecule has 152 valence electrons. The molecule has 0 atom stereocenters. The molecule has 2 aromatic carbocycles. The van der Waals surface area contributed by atoms with Crippen molar-refractivity contribution in [2.75, 3.05) is 0 Å². The van der Waals surface area contributed by atoms with Crippen molar-refractivity contribution in [2.24, 2.45) is 12.8 Å². The van der Waals surface area contributed by atoms with Crippen molar-refractivity contribution in [2.45, 2.75) is 38.1 Å². The lowest BCUT2D eigenvalue weighted by Crippen LogP contribution is -2.43. The zero-order chi connectivity index (χ0) is 20.9. The molecule has 30 heavy (non-hydrogen) atoms. The smallest absolute Gasteiger partial charge is 0.265 e. The summed E-state index contributed by atoms with van der Waals surface area (Å²) in [5.74, 6) is 1.37. The average molecular weight is 399 g/mol. The maximum Gasteiger partial charge on any atom is 0.265 e. The number of aromatic nitrogens is 2. The summed E-state index contributed by atoms with van der Waals surface area (Å²) in [5, 5.41) is 0.522. The van der Waals surface area contributed by atoms with Gasteiger partial charge < -0.3 is 10.2 Å². The normalized spacial score (nSPS) is 15.3. The van der Waals surface area contributed by atoms with Crippen molar-refractivity contribution in [1.29, 1.82) is 0 Å². The Morgan fingerprint density at radius 1 is 1.07 bits per heavy atom. The van der Waals surface area contributed by atoms with Crippen LogP contribution in [-0.2, 0) is 19.0 Å². The third-order valence-electron chi connectivity index (χ3n) is 6.37. The van der Waals surface area contributed by atoms with Crippen LogP contribution in [-0.4, -0.2) is 9.55 Å². The summed E-state index contributed by atoms with van der Waals surface area (Å²) >= 11 is 0. The van der Waals surface area contributed by atoms with Gasteiger partial charge in [-0.3, -0.25) is 9.36 Å². The number of rotatable bonds is 4. The second kappa shape index (κ2) is 6.96. The van der Waals surface area contributed by atoms with Crippen LogP contribution in [0.15, 0.2) is 63.8 Å². The second-order valence-corrected chi connectivity index (χ2v) is 8.19. The first kappa shape index (κ1) is 18.8. The lowest BCUT2D eigenvalue weighted by Gasteiger charge is -2.38. The lowest BCUT2D eigenvalue weighted by molar-refractivity contribution is 0.253. The zero-order valence-corrected chi connectivity index (χ0v) is 17.3. The lowest BCUT2D eigenvalue weighted by atomic mass is 9.72. The number of nitrogens with zero attached hydrogens (tertiary/aromatic N) is 2. The maximum atomic E-state index is 13.2. The largest absolute Gasteiger partial charge is 0.437 e. The Balaban J connectivity index is 1.75. The fraction of sp³-hybridized carbons (Fsp3) is 0.280. The number of benzene rings is 2. The topological polar surface area (TPSA) is 74.1 Å². The van der Waals surface area contributed by atoms with Crippen molar-refractivity contribution in [3.63, 3.8) is 0 Å². The van der Waals surface area contributed by atoms with Gasteiger partial charge in [0.25, 0.3) is 5.56 Å². The number of hydrogen-bond donors (Lipinski definition) is 1. The second-order valence-electron chi connectivity index (χ2n) is 8.19. The van der Waals surface area contributed by atoms with Crippen LogP contribution >= 0.6 is 0 Å². The van der Waals surface area contributed by atoms with E-state index in [1.165, 1.54) is 6.42 Å². The average Bonchev–Trinajstić information content (AvgIpc) is 3.15. The van der Waals surface area contributed by atoms with Gasteiger partial charge in [0.1, 0.15) is 17.0 Å². The molecule has 0 bridgehead atoms. The monoisotopic (exact) mass is 399 g/mol. The predicted molar refractivity (Wildman–Crippen MR) is 119 cm³/mol. The van der Waals surface area contributed by atoms with Crippen molar-refractivity contribution in [1.82, 2.24) is 9.55 Å².